The van der Waals surface area contributed by atoms with Gasteiger partial charge in [-0.05, 0) is 12.1 Å². The van der Waals surface area contributed by atoms with E-state index < -0.39 is 29.9 Å². The first-order valence-electron chi connectivity index (χ1n) is 6.53. The maximum Gasteiger partial charge on any atom is 0.457 e. The van der Waals surface area contributed by atoms with Crippen LogP contribution in [0.4, 0.5) is 0 Å². The number of hydrogen-bond acceptors (Lipinski definition) is 8. The van der Waals surface area contributed by atoms with E-state index in [1.807, 2.05) is 0 Å². The summed E-state index contributed by atoms with van der Waals surface area (Å²) in [6.07, 6.45) is 0. The molecule has 0 radical (unpaired) electrons. The van der Waals surface area contributed by atoms with Crippen LogP contribution in [0.25, 0.3) is 0 Å². The van der Waals surface area contributed by atoms with Crippen molar-refractivity contribution in [3.05, 3.63) is 29.8 Å². The van der Waals surface area contributed by atoms with Gasteiger partial charge in [0.05, 0.1) is 0 Å². The number of carbonyl (C=O) groups excluding carboxylic acids is 4. The molecule has 0 atom stereocenters. The second-order valence-corrected chi connectivity index (χ2v) is 4.43. The molecule has 0 amide bonds. The van der Waals surface area contributed by atoms with Crippen LogP contribution in [-0.2, 0) is 39.4 Å². The smallest absolute Gasteiger partial charge is 0.426 e. The lowest BCUT2D eigenvalue weighted by Crippen LogP contribution is -2.41. The lowest BCUT2D eigenvalue weighted by atomic mass is 10.1. The van der Waals surface area contributed by atoms with Crippen LogP contribution in [0.5, 0.6) is 5.75 Å². The number of carbonyl (C=O) groups is 4. The van der Waals surface area contributed by atoms with E-state index in [0.29, 0.717) is 0 Å². The van der Waals surface area contributed by atoms with E-state index in [9.17, 15) is 19.2 Å². The lowest BCUT2D eigenvalue weighted by Gasteiger charge is -2.31. The first-order valence-corrected chi connectivity index (χ1v) is 6.53. The molecule has 0 heterocycles. The zero-order valence-corrected chi connectivity index (χ0v) is 13.1. The van der Waals surface area contributed by atoms with Crippen LogP contribution in [0.2, 0.25) is 0 Å². The Morgan fingerprint density at radius 2 is 1.17 bits per heavy atom. The monoisotopic (exact) mass is 324 g/mol. The van der Waals surface area contributed by atoms with E-state index in [-0.39, 0.29) is 11.3 Å². The molecule has 0 bridgehead atoms. The molecule has 0 N–H and O–H groups in total. The molecule has 0 fully saturated rings. The molecule has 0 saturated heterocycles. The van der Waals surface area contributed by atoms with E-state index in [1.165, 1.54) is 24.3 Å². The van der Waals surface area contributed by atoms with Gasteiger partial charge in [0.2, 0.25) is 0 Å². The highest BCUT2D eigenvalue weighted by Gasteiger charge is 2.46. The van der Waals surface area contributed by atoms with Gasteiger partial charge in [-0.3, -0.25) is 19.2 Å². The zero-order chi connectivity index (χ0) is 17.6. The van der Waals surface area contributed by atoms with Gasteiger partial charge in [-0.2, -0.15) is 0 Å². The maximum absolute atomic E-state index is 11.4. The summed E-state index contributed by atoms with van der Waals surface area (Å²) in [5, 5.41) is 0. The average molecular weight is 324 g/mol. The van der Waals surface area contributed by atoms with Crippen molar-refractivity contribution in [1.29, 1.82) is 0 Å². The summed E-state index contributed by atoms with van der Waals surface area (Å²) >= 11 is 0. The average Bonchev–Trinajstić information content (AvgIpc) is 2.35. The fourth-order valence-corrected chi connectivity index (χ4v) is 1.76. The van der Waals surface area contributed by atoms with Crippen LogP contribution < -0.4 is 4.74 Å². The van der Waals surface area contributed by atoms with Crippen LogP contribution in [0.1, 0.15) is 33.3 Å². The molecule has 1 aromatic carbocycles. The predicted molar refractivity (Wildman–Crippen MR) is 74.7 cm³/mol. The van der Waals surface area contributed by atoms with Gasteiger partial charge in [0.15, 0.2) is 0 Å². The van der Waals surface area contributed by atoms with Gasteiger partial charge < -0.3 is 18.9 Å². The fraction of sp³-hybridized carbons (Fsp3) is 0.333. The SMILES string of the molecule is CC(=O)Oc1ccccc1C(OC(C)=O)(OC(C)=O)OC(C)=O. The van der Waals surface area contributed by atoms with E-state index >= 15 is 0 Å². The molecular formula is C15H16O8. The third-order valence-electron chi connectivity index (χ3n) is 2.30. The summed E-state index contributed by atoms with van der Waals surface area (Å²) in [5.74, 6) is -5.90. The van der Waals surface area contributed by atoms with Gasteiger partial charge in [0.1, 0.15) is 11.3 Å². The first kappa shape index (κ1) is 18.1. The van der Waals surface area contributed by atoms with E-state index in [2.05, 4.69) is 0 Å². The van der Waals surface area contributed by atoms with E-state index in [4.69, 9.17) is 18.9 Å². The Bertz CT molecular complexity index is 593. The highest BCUT2D eigenvalue weighted by molar-refractivity contribution is 5.73. The van der Waals surface area contributed by atoms with Gasteiger partial charge in [-0.1, -0.05) is 12.1 Å². The number of hydrogen-bond donors (Lipinski definition) is 0. The van der Waals surface area contributed by atoms with Crippen molar-refractivity contribution >= 4 is 23.9 Å². The second kappa shape index (κ2) is 7.39. The Labute approximate surface area is 132 Å². The summed E-state index contributed by atoms with van der Waals surface area (Å²) in [6, 6.07) is 5.71. The van der Waals surface area contributed by atoms with Crippen molar-refractivity contribution in [2.45, 2.75) is 33.7 Å². The summed E-state index contributed by atoms with van der Waals surface area (Å²) in [4.78, 5) is 45.5. The molecule has 0 aliphatic rings. The summed E-state index contributed by atoms with van der Waals surface area (Å²) < 4.78 is 19.8. The van der Waals surface area contributed by atoms with Crippen molar-refractivity contribution in [3.63, 3.8) is 0 Å². The Morgan fingerprint density at radius 1 is 0.739 bits per heavy atom. The number of benzene rings is 1. The van der Waals surface area contributed by atoms with Gasteiger partial charge in [-0.25, -0.2) is 0 Å². The van der Waals surface area contributed by atoms with Gasteiger partial charge in [0.25, 0.3) is 0 Å². The second-order valence-electron chi connectivity index (χ2n) is 4.43. The lowest BCUT2D eigenvalue weighted by molar-refractivity contribution is -0.338. The quantitative estimate of drug-likeness (QED) is 0.455. The number of ether oxygens (including phenoxy) is 4. The molecule has 0 aliphatic heterocycles. The Balaban J connectivity index is 3.53. The minimum atomic E-state index is -2.49. The first-order chi connectivity index (χ1) is 10.7. The Hall–Kier alpha value is -2.90. The maximum atomic E-state index is 11.4. The van der Waals surface area contributed by atoms with Crippen LogP contribution in [0, 0.1) is 0 Å². The molecule has 0 saturated carbocycles. The Kier molecular flexibility index (Phi) is 5.83. The fourth-order valence-electron chi connectivity index (χ4n) is 1.76. The molecule has 23 heavy (non-hydrogen) atoms. The number of rotatable bonds is 5. The molecule has 0 aliphatic carbocycles. The van der Waals surface area contributed by atoms with Crippen molar-refractivity contribution in [1.82, 2.24) is 0 Å². The standard InChI is InChI=1S/C15H16O8/c1-9(16)20-14-8-6-5-7-13(14)15(21-10(2)17,22-11(3)18)23-12(4)19/h5-8H,1-4H3. The minimum Gasteiger partial charge on any atom is -0.426 e. The molecule has 0 aromatic heterocycles. The van der Waals surface area contributed by atoms with E-state index in [1.54, 1.807) is 0 Å². The zero-order valence-electron chi connectivity index (χ0n) is 13.1. The largest absolute Gasteiger partial charge is 0.457 e. The third-order valence-corrected chi connectivity index (χ3v) is 2.30. The summed E-state index contributed by atoms with van der Waals surface area (Å²) in [6.45, 7) is 4.27. The van der Waals surface area contributed by atoms with Gasteiger partial charge >= 0.3 is 29.9 Å². The third kappa shape index (κ3) is 5.10. The number of para-hydroxylation sites is 1. The topological polar surface area (TPSA) is 105 Å². The summed E-state index contributed by atoms with van der Waals surface area (Å²) in [7, 11) is 0. The van der Waals surface area contributed by atoms with Crippen molar-refractivity contribution in [2.75, 3.05) is 0 Å². The normalized spacial score (nSPS) is 10.4. The van der Waals surface area contributed by atoms with Crippen molar-refractivity contribution < 1.29 is 38.1 Å². The number of esters is 4. The van der Waals surface area contributed by atoms with Gasteiger partial charge in [-0.15, -0.1) is 0 Å². The molecule has 1 aromatic rings. The highest BCUT2D eigenvalue weighted by Crippen LogP contribution is 2.36. The minimum absolute atomic E-state index is 0.0937. The van der Waals surface area contributed by atoms with Crippen LogP contribution in [0.3, 0.4) is 0 Å². The predicted octanol–water partition coefficient (Wildman–Crippen LogP) is 1.41. The van der Waals surface area contributed by atoms with Crippen molar-refractivity contribution in [2.24, 2.45) is 0 Å². The van der Waals surface area contributed by atoms with Crippen molar-refractivity contribution in [3.8, 4) is 5.75 Å². The molecule has 0 unspecified atom stereocenters. The van der Waals surface area contributed by atoms with Crippen LogP contribution >= 0.6 is 0 Å². The molecule has 0 spiro atoms. The van der Waals surface area contributed by atoms with Gasteiger partial charge in [0, 0.05) is 27.7 Å². The molecule has 8 heteroatoms. The Morgan fingerprint density at radius 3 is 1.57 bits per heavy atom. The van der Waals surface area contributed by atoms with Crippen LogP contribution in [0.15, 0.2) is 24.3 Å². The molecule has 124 valence electrons. The molecule has 8 nitrogen and oxygen atoms in total. The summed E-state index contributed by atoms with van der Waals surface area (Å²) in [5.41, 5.74) is -0.129. The molecular weight excluding hydrogens is 308 g/mol. The van der Waals surface area contributed by atoms with Crippen LogP contribution in [-0.4, -0.2) is 23.9 Å². The van der Waals surface area contributed by atoms with E-state index in [0.717, 1.165) is 27.7 Å². The molecule has 1 rings (SSSR count). The highest BCUT2D eigenvalue weighted by atomic mass is 16.9.